The quantitative estimate of drug-likeness (QED) is 0.636. The molecule has 0 unspecified atom stereocenters. The van der Waals surface area contributed by atoms with Gasteiger partial charge in [0.05, 0.1) is 25.5 Å². The molecule has 0 radical (unpaired) electrons. The van der Waals surface area contributed by atoms with Gasteiger partial charge in [0.25, 0.3) is 0 Å². The minimum absolute atomic E-state index is 0.0268. The molecule has 0 aromatic carbocycles. The van der Waals surface area contributed by atoms with E-state index in [1.165, 1.54) is 12.5 Å². The number of nitrogens with one attached hydrogen (secondary N) is 1. The van der Waals surface area contributed by atoms with E-state index < -0.39 is 23.8 Å². The molecule has 1 aromatic rings. The van der Waals surface area contributed by atoms with E-state index in [0.29, 0.717) is 18.9 Å². The summed E-state index contributed by atoms with van der Waals surface area (Å²) in [5.74, 6) is -1.92. The Morgan fingerprint density at radius 2 is 2.26 bits per heavy atom. The van der Waals surface area contributed by atoms with Crippen LogP contribution in [-0.4, -0.2) is 48.2 Å². The number of carbonyl (C=O) groups is 3. The molecule has 2 saturated heterocycles. The Morgan fingerprint density at radius 1 is 1.39 bits per heavy atom. The number of amides is 4. The Labute approximate surface area is 132 Å². The summed E-state index contributed by atoms with van der Waals surface area (Å²) in [6, 6.07) is 2.56. The van der Waals surface area contributed by atoms with Gasteiger partial charge in [-0.25, -0.2) is 4.79 Å². The van der Waals surface area contributed by atoms with Gasteiger partial charge in [0, 0.05) is 12.8 Å². The topological polar surface area (TPSA) is 101 Å². The number of hydrogen-bond donors (Lipinski definition) is 1. The molecule has 0 bridgehead atoms. The molecular weight excluding hydrogens is 302 g/mol. The van der Waals surface area contributed by atoms with Gasteiger partial charge >= 0.3 is 6.03 Å². The van der Waals surface area contributed by atoms with Gasteiger partial charge in [0.15, 0.2) is 5.92 Å². The number of aliphatic imine (C=N–C) groups is 1. The molecule has 4 amide bonds. The third-order valence-corrected chi connectivity index (χ3v) is 3.77. The molecule has 0 aliphatic carbocycles. The summed E-state index contributed by atoms with van der Waals surface area (Å²) in [6.45, 7) is 1.10. The van der Waals surface area contributed by atoms with Gasteiger partial charge in [-0.2, -0.15) is 0 Å². The maximum Gasteiger partial charge on any atom is 0.331 e. The van der Waals surface area contributed by atoms with Gasteiger partial charge in [0.2, 0.25) is 11.8 Å². The van der Waals surface area contributed by atoms with E-state index in [2.05, 4.69) is 10.3 Å². The largest absolute Gasteiger partial charge is 0.467 e. The lowest BCUT2D eigenvalue weighted by Gasteiger charge is -2.27. The molecule has 2 aliphatic rings. The molecule has 1 aromatic heterocycles. The third-order valence-electron chi connectivity index (χ3n) is 3.77. The first-order valence-electron chi connectivity index (χ1n) is 7.45. The summed E-state index contributed by atoms with van der Waals surface area (Å²) in [7, 11) is 0. The maximum atomic E-state index is 12.4. The molecule has 3 rings (SSSR count). The van der Waals surface area contributed by atoms with Crippen LogP contribution in [0.2, 0.25) is 0 Å². The molecule has 0 saturated carbocycles. The number of ether oxygens (including phenoxy) is 1. The lowest BCUT2D eigenvalue weighted by Crippen LogP contribution is -2.57. The van der Waals surface area contributed by atoms with Gasteiger partial charge in [-0.3, -0.25) is 24.8 Å². The van der Waals surface area contributed by atoms with Gasteiger partial charge in [-0.15, -0.1) is 0 Å². The average molecular weight is 319 g/mol. The fourth-order valence-corrected chi connectivity index (χ4v) is 2.54. The van der Waals surface area contributed by atoms with Crippen molar-refractivity contribution in [1.29, 1.82) is 0 Å². The Bertz CT molecular complexity index is 619. The summed E-state index contributed by atoms with van der Waals surface area (Å²) in [5, 5.41) is 2.16. The van der Waals surface area contributed by atoms with E-state index in [4.69, 9.17) is 9.15 Å². The molecule has 2 aliphatic heterocycles. The summed E-state index contributed by atoms with van der Waals surface area (Å²) in [6.07, 6.45) is 4.70. The average Bonchev–Trinajstić information content (AvgIpc) is 3.20. The molecule has 2 atom stereocenters. The molecule has 1 N–H and O–H groups in total. The van der Waals surface area contributed by atoms with Crippen molar-refractivity contribution in [3.8, 4) is 0 Å². The van der Waals surface area contributed by atoms with Crippen molar-refractivity contribution in [2.45, 2.75) is 25.5 Å². The fraction of sp³-hybridized carbons (Fsp3) is 0.467. The van der Waals surface area contributed by atoms with Crippen molar-refractivity contribution in [2.24, 2.45) is 10.9 Å². The van der Waals surface area contributed by atoms with Crippen molar-refractivity contribution < 1.29 is 23.5 Å². The van der Waals surface area contributed by atoms with Crippen molar-refractivity contribution in [3.63, 3.8) is 0 Å². The molecule has 2 fully saturated rings. The van der Waals surface area contributed by atoms with E-state index in [0.717, 1.165) is 17.7 Å². The van der Waals surface area contributed by atoms with Crippen LogP contribution in [0.25, 0.3) is 0 Å². The van der Waals surface area contributed by atoms with Gasteiger partial charge < -0.3 is 9.15 Å². The highest BCUT2D eigenvalue weighted by Gasteiger charge is 2.39. The third kappa shape index (κ3) is 3.48. The minimum Gasteiger partial charge on any atom is -0.467 e. The van der Waals surface area contributed by atoms with E-state index in [1.807, 2.05) is 0 Å². The first-order valence-corrected chi connectivity index (χ1v) is 7.45. The van der Waals surface area contributed by atoms with Crippen LogP contribution in [0.4, 0.5) is 4.79 Å². The fourth-order valence-electron chi connectivity index (χ4n) is 2.54. The summed E-state index contributed by atoms with van der Waals surface area (Å²) >= 11 is 0. The first kappa shape index (κ1) is 15.4. The van der Waals surface area contributed by atoms with Crippen LogP contribution < -0.4 is 5.32 Å². The molecule has 8 heteroatoms. The highest BCUT2D eigenvalue weighted by atomic mass is 16.5. The molecular formula is C15H17N3O5. The second-order valence-electron chi connectivity index (χ2n) is 5.43. The van der Waals surface area contributed by atoms with Gasteiger partial charge in [-0.1, -0.05) is 0 Å². The molecule has 3 heterocycles. The van der Waals surface area contributed by atoms with E-state index in [9.17, 15) is 14.4 Å². The van der Waals surface area contributed by atoms with E-state index in [-0.39, 0.29) is 12.6 Å². The second-order valence-corrected chi connectivity index (χ2v) is 5.43. The summed E-state index contributed by atoms with van der Waals surface area (Å²) in [4.78, 5) is 41.2. The Kier molecular flexibility index (Phi) is 4.52. The number of barbiturate groups is 1. The lowest BCUT2D eigenvalue weighted by molar-refractivity contribution is -0.139. The normalized spacial score (nSPS) is 25.4. The molecule has 23 heavy (non-hydrogen) atoms. The Morgan fingerprint density at radius 3 is 2.96 bits per heavy atom. The molecule has 122 valence electrons. The maximum absolute atomic E-state index is 12.4. The van der Waals surface area contributed by atoms with Gasteiger partial charge in [0.1, 0.15) is 5.76 Å². The zero-order valence-electron chi connectivity index (χ0n) is 12.4. The summed E-state index contributed by atoms with van der Waals surface area (Å²) < 4.78 is 10.6. The minimum atomic E-state index is -1.11. The number of hydrogen-bond acceptors (Lipinski definition) is 6. The van der Waals surface area contributed by atoms with Crippen molar-refractivity contribution >= 4 is 24.1 Å². The molecule has 8 nitrogen and oxygen atoms in total. The van der Waals surface area contributed by atoms with Crippen molar-refractivity contribution in [1.82, 2.24) is 10.2 Å². The van der Waals surface area contributed by atoms with Crippen LogP contribution in [0.15, 0.2) is 27.8 Å². The van der Waals surface area contributed by atoms with Crippen LogP contribution >= 0.6 is 0 Å². The van der Waals surface area contributed by atoms with Crippen LogP contribution in [0.1, 0.15) is 18.6 Å². The molecule has 0 spiro atoms. The van der Waals surface area contributed by atoms with Crippen molar-refractivity contribution in [2.75, 3.05) is 13.2 Å². The number of imide groups is 2. The SMILES string of the molecule is O=C1NC(=O)N(Cc2ccco2)C(=O)[C@H]1C=NC[C@H]1CCCO1. The predicted molar refractivity (Wildman–Crippen MR) is 78.6 cm³/mol. The second kappa shape index (κ2) is 6.74. The number of furan rings is 1. The Hall–Kier alpha value is -2.48. The van der Waals surface area contributed by atoms with Crippen LogP contribution in [0, 0.1) is 5.92 Å². The number of nitrogens with zero attached hydrogens (tertiary/aromatic N) is 2. The number of urea groups is 1. The Balaban J connectivity index is 1.66. The zero-order chi connectivity index (χ0) is 16.2. The smallest absolute Gasteiger partial charge is 0.331 e. The van der Waals surface area contributed by atoms with Crippen LogP contribution in [-0.2, 0) is 20.9 Å². The zero-order valence-corrected chi connectivity index (χ0v) is 12.4. The number of carbonyl (C=O) groups excluding carboxylic acids is 3. The first-order chi connectivity index (χ1) is 11.1. The monoisotopic (exact) mass is 319 g/mol. The highest BCUT2D eigenvalue weighted by Crippen LogP contribution is 2.15. The standard InChI is InChI=1S/C15H17N3O5/c19-13-12(8-16-7-10-3-1-5-22-10)14(20)18(15(21)17-13)9-11-4-2-6-23-11/h2,4,6,8,10,12H,1,3,5,7,9H2,(H,17,19,21)/t10-,12+/m1/s1. The van der Waals surface area contributed by atoms with Crippen LogP contribution in [0.3, 0.4) is 0 Å². The summed E-state index contributed by atoms with van der Waals surface area (Å²) in [5.41, 5.74) is 0. The van der Waals surface area contributed by atoms with Crippen LogP contribution in [0.5, 0.6) is 0 Å². The lowest BCUT2D eigenvalue weighted by atomic mass is 10.1. The van der Waals surface area contributed by atoms with Gasteiger partial charge in [-0.05, 0) is 25.0 Å². The number of rotatable bonds is 5. The van der Waals surface area contributed by atoms with Crippen molar-refractivity contribution in [3.05, 3.63) is 24.2 Å². The van der Waals surface area contributed by atoms with E-state index in [1.54, 1.807) is 12.1 Å². The predicted octanol–water partition coefficient (Wildman–Crippen LogP) is 0.724. The highest BCUT2D eigenvalue weighted by molar-refractivity contribution is 6.23. The van der Waals surface area contributed by atoms with E-state index >= 15 is 0 Å².